The molecule has 0 aliphatic carbocycles. The van der Waals surface area contributed by atoms with Gasteiger partial charge in [0.15, 0.2) is 0 Å². The Morgan fingerprint density at radius 2 is 1.85 bits per heavy atom. The largest absolute Gasteiger partial charge is 0.393 e. The third-order valence-corrected chi connectivity index (χ3v) is 3.42. The van der Waals surface area contributed by atoms with Crippen LogP contribution in [0.5, 0.6) is 0 Å². The summed E-state index contributed by atoms with van der Waals surface area (Å²) in [6.07, 6.45) is -4.33. The molecule has 0 radical (unpaired) electrons. The molecule has 0 saturated carbocycles. The zero-order valence-electron chi connectivity index (χ0n) is 7.60. The molecule has 2 atom stereocenters. The van der Waals surface area contributed by atoms with Crippen LogP contribution in [0.3, 0.4) is 0 Å². The Hall–Kier alpha value is -0.100. The van der Waals surface area contributed by atoms with E-state index in [-0.39, 0.29) is 5.25 Å². The number of nitrogens with two attached hydrogens (primary N) is 1. The van der Waals surface area contributed by atoms with Crippen LogP contribution in [0.1, 0.15) is 13.8 Å². The van der Waals surface area contributed by atoms with Crippen LogP contribution in [0.25, 0.3) is 0 Å². The summed E-state index contributed by atoms with van der Waals surface area (Å²) in [7, 11) is -1.45. The Morgan fingerprint density at radius 3 is 2.08 bits per heavy atom. The molecule has 0 aromatic carbocycles. The van der Waals surface area contributed by atoms with E-state index in [1.165, 1.54) is 0 Å². The van der Waals surface area contributed by atoms with Gasteiger partial charge in [-0.3, -0.25) is 4.21 Å². The Balaban J connectivity index is 4.22. The van der Waals surface area contributed by atoms with Gasteiger partial charge in [-0.25, -0.2) is 0 Å². The maximum atomic E-state index is 12.1. The van der Waals surface area contributed by atoms with Crippen molar-refractivity contribution < 1.29 is 17.4 Å². The summed E-state index contributed by atoms with van der Waals surface area (Å²) >= 11 is 0. The smallest absolute Gasteiger partial charge is 0.330 e. The van der Waals surface area contributed by atoms with Gasteiger partial charge in [0.25, 0.3) is 0 Å². The van der Waals surface area contributed by atoms with Crippen molar-refractivity contribution in [2.24, 2.45) is 11.7 Å². The predicted octanol–water partition coefficient (Wildman–Crippen LogP) is 1.28. The first-order chi connectivity index (χ1) is 5.79. The van der Waals surface area contributed by atoms with Crippen LogP contribution < -0.4 is 5.73 Å². The van der Waals surface area contributed by atoms with Crippen molar-refractivity contribution >= 4 is 10.8 Å². The highest BCUT2D eigenvalue weighted by atomic mass is 32.2. The van der Waals surface area contributed by atoms with Gasteiger partial charge in [-0.15, -0.1) is 0 Å². The zero-order chi connectivity index (χ0) is 10.6. The second kappa shape index (κ2) is 4.95. The molecule has 0 saturated heterocycles. The van der Waals surface area contributed by atoms with Crippen LogP contribution in [0, 0.1) is 5.92 Å². The summed E-state index contributed by atoms with van der Waals surface area (Å²) in [5.41, 5.74) is 4.95. The van der Waals surface area contributed by atoms with Crippen LogP contribution in [-0.2, 0) is 10.8 Å². The van der Waals surface area contributed by atoms with Crippen LogP contribution in [0.2, 0.25) is 0 Å². The lowest BCUT2D eigenvalue weighted by molar-refractivity contribution is -0.165. The molecule has 2 nitrogen and oxygen atoms in total. The first-order valence-corrected chi connectivity index (χ1v) is 5.31. The molecular formula is C7H14F3NOS. The molecule has 2 unspecified atom stereocenters. The maximum Gasteiger partial charge on any atom is 0.393 e. The predicted molar refractivity (Wildman–Crippen MR) is 46.7 cm³/mol. The van der Waals surface area contributed by atoms with Crippen molar-refractivity contribution in [2.75, 3.05) is 12.3 Å². The van der Waals surface area contributed by atoms with Gasteiger partial charge in [-0.05, 0) is 0 Å². The third-order valence-electron chi connectivity index (χ3n) is 1.64. The van der Waals surface area contributed by atoms with E-state index >= 15 is 0 Å². The van der Waals surface area contributed by atoms with Crippen molar-refractivity contribution in [1.29, 1.82) is 0 Å². The van der Waals surface area contributed by atoms with Gasteiger partial charge >= 0.3 is 6.18 Å². The number of hydrogen-bond acceptors (Lipinski definition) is 2. The van der Waals surface area contributed by atoms with Crippen LogP contribution in [-0.4, -0.2) is 27.9 Å². The Bertz CT molecular complexity index is 181. The molecule has 0 bridgehead atoms. The summed E-state index contributed by atoms with van der Waals surface area (Å²) in [5, 5.41) is -0.253. The van der Waals surface area contributed by atoms with E-state index in [4.69, 9.17) is 5.73 Å². The first-order valence-electron chi connectivity index (χ1n) is 3.93. The van der Waals surface area contributed by atoms with E-state index in [2.05, 4.69) is 0 Å². The van der Waals surface area contributed by atoms with Gasteiger partial charge in [0, 0.05) is 28.3 Å². The maximum absolute atomic E-state index is 12.1. The fraction of sp³-hybridized carbons (Fsp3) is 1.00. The van der Waals surface area contributed by atoms with Crippen LogP contribution >= 0.6 is 0 Å². The molecule has 0 spiro atoms. The standard InChI is InChI=1S/C7H14F3NOS/c1-5(2)13(12)4-6(3-11)7(8,9)10/h5-6H,3-4,11H2,1-2H3. The molecule has 0 fully saturated rings. The summed E-state index contributed by atoms with van der Waals surface area (Å²) < 4.78 is 47.5. The number of rotatable bonds is 4. The van der Waals surface area contributed by atoms with Gasteiger partial charge in [0.2, 0.25) is 0 Å². The van der Waals surface area contributed by atoms with Gasteiger partial charge in [-0.2, -0.15) is 13.2 Å². The van der Waals surface area contributed by atoms with Crippen molar-refractivity contribution in [3.05, 3.63) is 0 Å². The average Bonchev–Trinajstić information content (AvgIpc) is 1.96. The molecule has 0 aliphatic heterocycles. The van der Waals surface area contributed by atoms with Crippen molar-refractivity contribution in [3.8, 4) is 0 Å². The normalized spacial score (nSPS) is 17.5. The minimum atomic E-state index is -4.33. The first kappa shape index (κ1) is 12.9. The highest BCUT2D eigenvalue weighted by molar-refractivity contribution is 7.85. The highest BCUT2D eigenvalue weighted by Crippen LogP contribution is 2.26. The lowest BCUT2D eigenvalue weighted by atomic mass is 10.2. The SMILES string of the molecule is CC(C)S(=O)CC(CN)C(F)(F)F. The Morgan fingerprint density at radius 1 is 1.38 bits per heavy atom. The second-order valence-electron chi connectivity index (χ2n) is 3.07. The highest BCUT2D eigenvalue weighted by Gasteiger charge is 2.39. The van der Waals surface area contributed by atoms with Gasteiger partial charge in [0.05, 0.1) is 5.92 Å². The van der Waals surface area contributed by atoms with E-state index in [1.807, 2.05) is 0 Å². The van der Waals surface area contributed by atoms with Gasteiger partial charge in [-0.1, -0.05) is 13.8 Å². The average molecular weight is 217 g/mol. The minimum absolute atomic E-state index is 0.253. The third kappa shape index (κ3) is 4.61. The fourth-order valence-electron chi connectivity index (χ4n) is 0.687. The van der Waals surface area contributed by atoms with Crippen molar-refractivity contribution in [3.63, 3.8) is 0 Å². The summed E-state index contributed by atoms with van der Waals surface area (Å²) in [6.45, 7) is 2.75. The molecule has 0 aromatic heterocycles. The van der Waals surface area contributed by atoms with Crippen molar-refractivity contribution in [2.45, 2.75) is 25.3 Å². The molecule has 0 aromatic rings. The molecule has 0 amide bonds. The fourth-order valence-corrected chi connectivity index (χ4v) is 1.79. The van der Waals surface area contributed by atoms with E-state index in [9.17, 15) is 17.4 Å². The molecule has 0 rings (SSSR count). The monoisotopic (exact) mass is 217 g/mol. The molecule has 2 N–H and O–H groups in total. The topological polar surface area (TPSA) is 43.1 Å². The number of hydrogen-bond donors (Lipinski definition) is 1. The van der Waals surface area contributed by atoms with E-state index in [1.54, 1.807) is 13.8 Å². The molecule has 6 heteroatoms. The summed E-state index contributed by atoms with van der Waals surface area (Å²) in [4.78, 5) is 0. The van der Waals surface area contributed by atoms with E-state index in [0.29, 0.717) is 0 Å². The Labute approximate surface area is 78.1 Å². The van der Waals surface area contributed by atoms with E-state index in [0.717, 1.165) is 0 Å². The molecule has 13 heavy (non-hydrogen) atoms. The summed E-state index contributed by atoms with van der Waals surface area (Å²) in [5.74, 6) is -2.03. The molecule has 0 heterocycles. The molecule has 80 valence electrons. The Kier molecular flexibility index (Phi) is 4.91. The van der Waals surface area contributed by atoms with Gasteiger partial charge < -0.3 is 5.73 Å². The van der Waals surface area contributed by atoms with Crippen molar-refractivity contribution in [1.82, 2.24) is 0 Å². The zero-order valence-corrected chi connectivity index (χ0v) is 8.41. The quantitative estimate of drug-likeness (QED) is 0.770. The lowest BCUT2D eigenvalue weighted by Gasteiger charge is -2.18. The minimum Gasteiger partial charge on any atom is -0.330 e. The summed E-state index contributed by atoms with van der Waals surface area (Å²) in [6, 6.07) is 0. The van der Waals surface area contributed by atoms with Gasteiger partial charge in [0.1, 0.15) is 0 Å². The number of alkyl halides is 3. The second-order valence-corrected chi connectivity index (χ2v) is 5.11. The van der Waals surface area contributed by atoms with Crippen LogP contribution in [0.15, 0.2) is 0 Å². The lowest BCUT2D eigenvalue weighted by Crippen LogP contribution is -2.35. The number of halogens is 3. The molecular weight excluding hydrogens is 203 g/mol. The van der Waals surface area contributed by atoms with E-state index < -0.39 is 35.2 Å². The van der Waals surface area contributed by atoms with Crippen LogP contribution in [0.4, 0.5) is 13.2 Å². The molecule has 0 aliphatic rings.